The van der Waals surface area contributed by atoms with Crippen LogP contribution in [0.15, 0.2) is 42.7 Å². The number of aryl methyl sites for hydroxylation is 1. The molecule has 4 rings (SSSR count). The molecule has 0 bridgehead atoms. The highest BCUT2D eigenvalue weighted by Gasteiger charge is 2.33. The number of rotatable bonds is 3. The molecule has 1 atom stereocenters. The van der Waals surface area contributed by atoms with Crippen LogP contribution in [0.3, 0.4) is 0 Å². The highest BCUT2D eigenvalue weighted by atomic mass is 35.5. The number of benzene rings is 1. The molecule has 1 N–H and O–H groups in total. The number of carbonyl (C=O) groups is 1. The molecular formula is C19H13Cl2F3N4O. The van der Waals surface area contributed by atoms with E-state index in [1.54, 1.807) is 6.20 Å². The topological polar surface area (TPSA) is 59.8 Å². The van der Waals surface area contributed by atoms with Crippen LogP contribution in [-0.2, 0) is 12.6 Å². The maximum atomic E-state index is 12.9. The SMILES string of the molecule is O=C(N[C@@H]1CCc2nn(-c3ccnc(C(F)(F)F)c3)cc21)c1cc(Cl)cc(Cl)c1. The number of amides is 1. The van der Waals surface area contributed by atoms with Gasteiger partial charge in [-0.1, -0.05) is 23.2 Å². The van der Waals surface area contributed by atoms with Gasteiger partial charge in [-0.3, -0.25) is 9.78 Å². The summed E-state index contributed by atoms with van der Waals surface area (Å²) in [6.45, 7) is 0. The summed E-state index contributed by atoms with van der Waals surface area (Å²) in [6, 6.07) is 6.62. The van der Waals surface area contributed by atoms with Crippen molar-refractivity contribution in [3.05, 3.63) is 75.3 Å². The van der Waals surface area contributed by atoms with Crippen LogP contribution in [-0.4, -0.2) is 20.7 Å². The Hall–Kier alpha value is -2.58. The Morgan fingerprint density at radius 3 is 2.59 bits per heavy atom. The summed E-state index contributed by atoms with van der Waals surface area (Å²) in [7, 11) is 0. The van der Waals surface area contributed by atoms with Gasteiger partial charge in [0.1, 0.15) is 5.69 Å². The first-order chi connectivity index (χ1) is 13.7. The van der Waals surface area contributed by atoms with Crippen molar-refractivity contribution >= 4 is 29.1 Å². The number of nitrogens with one attached hydrogen (secondary N) is 1. The minimum Gasteiger partial charge on any atom is -0.345 e. The smallest absolute Gasteiger partial charge is 0.345 e. The van der Waals surface area contributed by atoms with Crippen molar-refractivity contribution in [2.45, 2.75) is 25.1 Å². The molecule has 1 aliphatic carbocycles. The zero-order valence-corrected chi connectivity index (χ0v) is 16.2. The van der Waals surface area contributed by atoms with E-state index in [-0.39, 0.29) is 17.6 Å². The molecule has 2 aromatic heterocycles. The minimum atomic E-state index is -4.54. The molecule has 0 spiro atoms. The average Bonchev–Trinajstić information content (AvgIpc) is 3.22. The fourth-order valence-electron chi connectivity index (χ4n) is 3.27. The number of halogens is 5. The molecule has 0 radical (unpaired) electrons. The van der Waals surface area contributed by atoms with Gasteiger partial charge < -0.3 is 5.32 Å². The fourth-order valence-corrected chi connectivity index (χ4v) is 3.80. The van der Waals surface area contributed by atoms with Gasteiger partial charge in [0.05, 0.1) is 17.4 Å². The van der Waals surface area contributed by atoms with E-state index < -0.39 is 11.9 Å². The van der Waals surface area contributed by atoms with Gasteiger partial charge in [0, 0.05) is 33.6 Å². The molecule has 10 heteroatoms. The molecule has 0 saturated heterocycles. The van der Waals surface area contributed by atoms with Crippen LogP contribution in [0.4, 0.5) is 13.2 Å². The molecule has 1 aromatic carbocycles. The van der Waals surface area contributed by atoms with E-state index in [9.17, 15) is 18.0 Å². The Bertz CT molecular complexity index is 1080. The summed E-state index contributed by atoms with van der Waals surface area (Å²) in [5, 5.41) is 7.97. The van der Waals surface area contributed by atoms with Gasteiger partial charge in [0.15, 0.2) is 0 Å². The van der Waals surface area contributed by atoms with E-state index in [0.29, 0.717) is 28.5 Å². The summed E-state index contributed by atoms with van der Waals surface area (Å²) < 4.78 is 40.1. The maximum Gasteiger partial charge on any atom is 0.433 e. The van der Waals surface area contributed by atoms with Crippen LogP contribution in [0.1, 0.15) is 39.8 Å². The number of pyridine rings is 1. The van der Waals surface area contributed by atoms with Gasteiger partial charge in [0.25, 0.3) is 5.91 Å². The normalized spacial score (nSPS) is 16.0. The molecule has 1 amide bonds. The summed E-state index contributed by atoms with van der Waals surface area (Å²) in [5.74, 6) is -0.344. The highest BCUT2D eigenvalue weighted by molar-refractivity contribution is 6.35. The van der Waals surface area contributed by atoms with Crippen molar-refractivity contribution < 1.29 is 18.0 Å². The van der Waals surface area contributed by atoms with E-state index in [4.69, 9.17) is 23.2 Å². The Balaban J connectivity index is 1.57. The zero-order valence-electron chi connectivity index (χ0n) is 14.7. The molecule has 29 heavy (non-hydrogen) atoms. The van der Waals surface area contributed by atoms with Gasteiger partial charge >= 0.3 is 6.18 Å². The minimum absolute atomic E-state index is 0.244. The van der Waals surface area contributed by atoms with Crippen molar-refractivity contribution in [1.82, 2.24) is 20.1 Å². The van der Waals surface area contributed by atoms with Crippen molar-refractivity contribution in [2.24, 2.45) is 0 Å². The third-order valence-electron chi connectivity index (χ3n) is 4.60. The summed E-state index contributed by atoms with van der Waals surface area (Å²) >= 11 is 11.9. The van der Waals surface area contributed by atoms with Crippen LogP contribution in [0.25, 0.3) is 5.69 Å². The number of aromatic nitrogens is 3. The van der Waals surface area contributed by atoms with Gasteiger partial charge in [-0.25, -0.2) is 4.68 Å². The lowest BCUT2D eigenvalue weighted by molar-refractivity contribution is -0.141. The van der Waals surface area contributed by atoms with Crippen molar-refractivity contribution in [3.63, 3.8) is 0 Å². The molecule has 0 fully saturated rings. The molecule has 2 heterocycles. The third kappa shape index (κ3) is 4.09. The first-order valence-corrected chi connectivity index (χ1v) is 9.35. The van der Waals surface area contributed by atoms with Crippen molar-refractivity contribution in [2.75, 3.05) is 0 Å². The number of alkyl halides is 3. The lowest BCUT2D eigenvalue weighted by atomic mass is 10.1. The molecule has 0 saturated carbocycles. The lowest BCUT2D eigenvalue weighted by Gasteiger charge is -2.13. The Morgan fingerprint density at radius 2 is 1.90 bits per heavy atom. The fraction of sp³-hybridized carbons (Fsp3) is 0.211. The quantitative estimate of drug-likeness (QED) is 0.622. The predicted octanol–water partition coefficient (Wildman–Crippen LogP) is 5.01. The van der Waals surface area contributed by atoms with Crippen LogP contribution >= 0.6 is 23.2 Å². The largest absolute Gasteiger partial charge is 0.433 e. The molecule has 0 unspecified atom stereocenters. The third-order valence-corrected chi connectivity index (χ3v) is 5.03. The maximum absolute atomic E-state index is 12.9. The first-order valence-electron chi connectivity index (χ1n) is 8.60. The monoisotopic (exact) mass is 440 g/mol. The molecular weight excluding hydrogens is 428 g/mol. The van der Waals surface area contributed by atoms with Crippen LogP contribution in [0.5, 0.6) is 0 Å². The Morgan fingerprint density at radius 1 is 1.17 bits per heavy atom. The van der Waals surface area contributed by atoms with E-state index >= 15 is 0 Å². The summed E-state index contributed by atoms with van der Waals surface area (Å²) in [4.78, 5) is 15.9. The first kappa shape index (κ1) is 19.7. The standard InChI is InChI=1S/C19H13Cl2F3N4O/c20-11-5-10(6-12(21)7-11)18(29)26-15-1-2-16-14(15)9-28(27-16)13-3-4-25-17(8-13)19(22,23)24/h3-9,15H,1-2H2,(H,26,29)/t15-/m1/s1. The highest BCUT2D eigenvalue weighted by Crippen LogP contribution is 2.33. The number of carbonyl (C=O) groups excluding carboxylic acids is 1. The second kappa shape index (κ2) is 7.35. The molecule has 150 valence electrons. The summed E-state index contributed by atoms with van der Waals surface area (Å²) in [6.07, 6.45) is -0.578. The number of fused-ring (bicyclic) bond motifs is 1. The van der Waals surface area contributed by atoms with E-state index in [1.807, 2.05) is 0 Å². The number of hydrogen-bond acceptors (Lipinski definition) is 3. The average molecular weight is 441 g/mol. The second-order valence-corrected chi connectivity index (χ2v) is 7.47. The van der Waals surface area contributed by atoms with Crippen LogP contribution in [0.2, 0.25) is 10.0 Å². The molecule has 5 nitrogen and oxygen atoms in total. The molecule has 1 aliphatic rings. The molecule has 0 aliphatic heterocycles. The molecule has 3 aromatic rings. The van der Waals surface area contributed by atoms with E-state index in [1.165, 1.54) is 28.9 Å². The lowest BCUT2D eigenvalue weighted by Crippen LogP contribution is -2.27. The van der Waals surface area contributed by atoms with Gasteiger partial charge in [-0.15, -0.1) is 0 Å². The second-order valence-electron chi connectivity index (χ2n) is 6.60. The zero-order chi connectivity index (χ0) is 20.8. The van der Waals surface area contributed by atoms with E-state index in [0.717, 1.165) is 23.5 Å². The Kier molecular flexibility index (Phi) is 5.00. The summed E-state index contributed by atoms with van der Waals surface area (Å²) in [5.41, 5.74) is 1.07. The van der Waals surface area contributed by atoms with Crippen molar-refractivity contribution in [3.8, 4) is 5.69 Å². The van der Waals surface area contributed by atoms with Crippen LogP contribution < -0.4 is 5.32 Å². The number of nitrogens with zero attached hydrogens (tertiary/aromatic N) is 3. The van der Waals surface area contributed by atoms with Crippen molar-refractivity contribution in [1.29, 1.82) is 0 Å². The van der Waals surface area contributed by atoms with Gasteiger partial charge in [-0.05, 0) is 43.2 Å². The number of hydrogen-bond donors (Lipinski definition) is 1. The van der Waals surface area contributed by atoms with E-state index in [2.05, 4.69) is 15.4 Å². The van der Waals surface area contributed by atoms with Crippen LogP contribution in [0, 0.1) is 0 Å². The predicted molar refractivity (Wildman–Crippen MR) is 101 cm³/mol. The van der Waals surface area contributed by atoms with Gasteiger partial charge in [-0.2, -0.15) is 18.3 Å². The Labute approximate surface area is 173 Å². The van der Waals surface area contributed by atoms with Gasteiger partial charge in [0.2, 0.25) is 0 Å².